The Morgan fingerprint density at radius 2 is 2.06 bits per heavy atom. The van der Waals surface area contributed by atoms with Crippen LogP contribution in [0.3, 0.4) is 0 Å². The minimum absolute atomic E-state index is 0.0512. The summed E-state index contributed by atoms with van der Waals surface area (Å²) >= 11 is 0. The average molecular weight is 241 g/mol. The fourth-order valence-electron chi connectivity index (χ4n) is 1.98. The zero-order valence-corrected chi connectivity index (χ0v) is 9.46. The minimum atomic E-state index is -0.0512. The monoisotopic (exact) mass is 241 g/mol. The van der Waals surface area contributed by atoms with Gasteiger partial charge in [-0.1, -0.05) is 0 Å². The number of pyridine rings is 1. The fraction of sp³-hybridized carbons (Fsp3) is 0.0833. The molecule has 0 aliphatic rings. The van der Waals surface area contributed by atoms with E-state index < -0.39 is 0 Å². The van der Waals surface area contributed by atoms with Crippen molar-refractivity contribution in [3.05, 3.63) is 36.3 Å². The van der Waals surface area contributed by atoms with Crippen molar-refractivity contribution in [3.63, 3.8) is 0 Å². The summed E-state index contributed by atoms with van der Waals surface area (Å²) in [5.41, 5.74) is 8.66. The van der Waals surface area contributed by atoms with E-state index in [1.54, 1.807) is 30.7 Å². The molecule has 3 aromatic rings. The molecule has 0 saturated carbocycles. The zero-order valence-electron chi connectivity index (χ0n) is 9.46. The van der Waals surface area contributed by atoms with Crippen molar-refractivity contribution < 1.29 is 5.11 Å². The number of rotatable bonds is 2. The van der Waals surface area contributed by atoms with E-state index in [9.17, 15) is 5.11 Å². The van der Waals surface area contributed by atoms with Gasteiger partial charge < -0.3 is 15.8 Å². The first-order chi connectivity index (χ1) is 8.79. The van der Waals surface area contributed by atoms with E-state index in [2.05, 4.69) is 19.9 Å². The number of aromatic nitrogens is 4. The Bertz CT molecular complexity index is 707. The standard InChI is InChI=1S/C12H11N5O/c13-12-15-4-2-9(17-12)8-5-16-11-10(8)7(6-18)1-3-14-11/h1-5,18H,6H2,(H,14,16)(H2,13,15,17). The van der Waals surface area contributed by atoms with Crippen LogP contribution in [0.2, 0.25) is 0 Å². The molecule has 0 fully saturated rings. The van der Waals surface area contributed by atoms with Crippen LogP contribution in [0.15, 0.2) is 30.7 Å². The van der Waals surface area contributed by atoms with Gasteiger partial charge >= 0.3 is 0 Å². The number of hydrogen-bond acceptors (Lipinski definition) is 5. The minimum Gasteiger partial charge on any atom is -0.392 e. The number of fused-ring (bicyclic) bond motifs is 1. The highest BCUT2D eigenvalue weighted by Gasteiger charge is 2.12. The molecule has 0 spiro atoms. The van der Waals surface area contributed by atoms with Gasteiger partial charge in [-0.25, -0.2) is 15.0 Å². The number of anilines is 1. The third-order valence-electron chi connectivity index (χ3n) is 2.78. The van der Waals surface area contributed by atoms with E-state index in [4.69, 9.17) is 5.73 Å². The molecule has 3 aromatic heterocycles. The molecule has 6 heteroatoms. The molecular weight excluding hydrogens is 230 g/mol. The lowest BCUT2D eigenvalue weighted by Gasteiger charge is -2.03. The van der Waals surface area contributed by atoms with E-state index >= 15 is 0 Å². The Labute approximate surface area is 103 Å². The van der Waals surface area contributed by atoms with Crippen LogP contribution in [0.25, 0.3) is 22.3 Å². The predicted molar refractivity (Wildman–Crippen MR) is 67.5 cm³/mol. The van der Waals surface area contributed by atoms with E-state index in [-0.39, 0.29) is 12.6 Å². The number of aliphatic hydroxyl groups is 1. The van der Waals surface area contributed by atoms with Crippen molar-refractivity contribution in [3.8, 4) is 11.3 Å². The highest BCUT2D eigenvalue weighted by molar-refractivity contribution is 5.95. The van der Waals surface area contributed by atoms with Gasteiger partial charge in [0.2, 0.25) is 5.95 Å². The third kappa shape index (κ3) is 1.59. The van der Waals surface area contributed by atoms with Crippen LogP contribution in [0, 0.1) is 0 Å². The molecule has 0 aromatic carbocycles. The first-order valence-electron chi connectivity index (χ1n) is 5.44. The lowest BCUT2D eigenvalue weighted by atomic mass is 10.1. The van der Waals surface area contributed by atoms with Crippen molar-refractivity contribution >= 4 is 17.0 Å². The van der Waals surface area contributed by atoms with E-state index in [1.807, 2.05) is 0 Å². The lowest BCUT2D eigenvalue weighted by molar-refractivity contribution is 0.283. The Kier molecular flexibility index (Phi) is 2.42. The Balaban J connectivity index is 2.30. The number of aromatic amines is 1. The summed E-state index contributed by atoms with van der Waals surface area (Å²) in [5.74, 6) is 0.219. The van der Waals surface area contributed by atoms with Gasteiger partial charge in [0.15, 0.2) is 0 Å². The van der Waals surface area contributed by atoms with Crippen molar-refractivity contribution in [2.24, 2.45) is 0 Å². The predicted octanol–water partition coefficient (Wildman–Crippen LogP) is 1.09. The second-order valence-electron chi connectivity index (χ2n) is 3.85. The van der Waals surface area contributed by atoms with Crippen LogP contribution in [-0.2, 0) is 6.61 Å². The van der Waals surface area contributed by atoms with Gasteiger partial charge in [-0.05, 0) is 17.7 Å². The Morgan fingerprint density at radius 1 is 1.22 bits per heavy atom. The van der Waals surface area contributed by atoms with Crippen molar-refractivity contribution in [1.29, 1.82) is 0 Å². The van der Waals surface area contributed by atoms with Gasteiger partial charge in [-0.2, -0.15) is 0 Å². The summed E-state index contributed by atoms with van der Waals surface area (Å²) < 4.78 is 0. The van der Waals surface area contributed by atoms with Crippen LogP contribution < -0.4 is 5.73 Å². The molecule has 0 unspecified atom stereocenters. The van der Waals surface area contributed by atoms with Crippen LogP contribution in [0.5, 0.6) is 0 Å². The maximum atomic E-state index is 9.38. The van der Waals surface area contributed by atoms with Crippen LogP contribution in [0.1, 0.15) is 5.56 Å². The van der Waals surface area contributed by atoms with Gasteiger partial charge in [0.1, 0.15) is 5.65 Å². The molecule has 0 saturated heterocycles. The summed E-state index contributed by atoms with van der Waals surface area (Å²) in [6.07, 6.45) is 5.06. The topological polar surface area (TPSA) is 101 Å². The molecule has 0 aliphatic carbocycles. The van der Waals surface area contributed by atoms with Gasteiger partial charge in [0, 0.05) is 29.5 Å². The van der Waals surface area contributed by atoms with E-state index in [0.717, 1.165) is 16.5 Å². The highest BCUT2D eigenvalue weighted by Crippen LogP contribution is 2.29. The fourth-order valence-corrected chi connectivity index (χ4v) is 1.98. The van der Waals surface area contributed by atoms with Gasteiger partial charge in [-0.15, -0.1) is 0 Å². The number of nitrogen functional groups attached to an aromatic ring is 1. The largest absolute Gasteiger partial charge is 0.392 e. The van der Waals surface area contributed by atoms with Gasteiger partial charge in [0.05, 0.1) is 12.3 Å². The number of hydrogen-bond donors (Lipinski definition) is 3. The summed E-state index contributed by atoms with van der Waals surface area (Å²) in [6, 6.07) is 3.55. The second kappa shape index (κ2) is 4.08. The van der Waals surface area contributed by atoms with E-state index in [1.165, 1.54) is 0 Å². The number of nitrogens with two attached hydrogens (primary N) is 1. The summed E-state index contributed by atoms with van der Waals surface area (Å²) in [4.78, 5) is 15.3. The normalized spacial score (nSPS) is 10.9. The number of H-pyrrole nitrogens is 1. The molecule has 18 heavy (non-hydrogen) atoms. The molecule has 3 heterocycles. The molecule has 3 rings (SSSR count). The van der Waals surface area contributed by atoms with Gasteiger partial charge in [0.25, 0.3) is 0 Å². The van der Waals surface area contributed by atoms with Crippen molar-refractivity contribution in [1.82, 2.24) is 19.9 Å². The molecule has 90 valence electrons. The summed E-state index contributed by atoms with van der Waals surface area (Å²) in [5, 5.41) is 10.2. The third-order valence-corrected chi connectivity index (χ3v) is 2.78. The molecule has 0 radical (unpaired) electrons. The number of aliphatic hydroxyl groups excluding tert-OH is 1. The Hall–Kier alpha value is -2.47. The second-order valence-corrected chi connectivity index (χ2v) is 3.85. The first kappa shape index (κ1) is 10.7. The van der Waals surface area contributed by atoms with Crippen LogP contribution in [-0.4, -0.2) is 25.0 Å². The maximum Gasteiger partial charge on any atom is 0.220 e. The summed E-state index contributed by atoms with van der Waals surface area (Å²) in [6.45, 7) is -0.0512. The van der Waals surface area contributed by atoms with Crippen LogP contribution in [0.4, 0.5) is 5.95 Å². The van der Waals surface area contributed by atoms with Crippen molar-refractivity contribution in [2.75, 3.05) is 5.73 Å². The molecule has 4 N–H and O–H groups in total. The SMILES string of the molecule is Nc1nccc(-c2c[nH]c3nccc(CO)c23)n1. The summed E-state index contributed by atoms with van der Waals surface area (Å²) in [7, 11) is 0. The lowest BCUT2D eigenvalue weighted by Crippen LogP contribution is -1.95. The highest BCUT2D eigenvalue weighted by atomic mass is 16.3. The van der Waals surface area contributed by atoms with Crippen LogP contribution >= 0.6 is 0 Å². The molecular formula is C12H11N5O. The average Bonchev–Trinajstić information content (AvgIpc) is 2.82. The Morgan fingerprint density at radius 3 is 2.83 bits per heavy atom. The maximum absolute atomic E-state index is 9.38. The van der Waals surface area contributed by atoms with Gasteiger partial charge in [-0.3, -0.25) is 0 Å². The van der Waals surface area contributed by atoms with Crippen molar-refractivity contribution in [2.45, 2.75) is 6.61 Å². The molecule has 0 bridgehead atoms. The quantitative estimate of drug-likeness (QED) is 0.623. The number of nitrogens with zero attached hydrogens (tertiary/aromatic N) is 3. The smallest absolute Gasteiger partial charge is 0.220 e. The molecule has 6 nitrogen and oxygen atoms in total. The molecule has 0 aliphatic heterocycles. The first-order valence-corrected chi connectivity index (χ1v) is 5.44. The van der Waals surface area contributed by atoms with E-state index in [0.29, 0.717) is 11.3 Å². The zero-order chi connectivity index (χ0) is 12.5. The molecule has 0 atom stereocenters. The molecule has 0 amide bonds. The number of nitrogens with one attached hydrogen (secondary N) is 1.